The molecule has 0 saturated carbocycles. The summed E-state index contributed by atoms with van der Waals surface area (Å²) in [6.45, 7) is 5.15. The molecule has 2 aromatic rings. The number of alkyl halides is 1. The number of hydrogen-bond donors (Lipinski definition) is 3. The number of anilines is 1. The molecule has 4 N–H and O–H groups in total. The molecule has 0 radical (unpaired) electrons. The van der Waals surface area contributed by atoms with Crippen LogP contribution in [0.5, 0.6) is 0 Å². The highest BCUT2D eigenvalue weighted by atomic mass is 35.5. The molecule has 0 aliphatic rings. The van der Waals surface area contributed by atoms with Crippen LogP contribution in [0.3, 0.4) is 0 Å². The highest BCUT2D eigenvalue weighted by Gasteiger charge is 2.39. The molecular weight excluding hydrogens is 345 g/mol. The first-order valence-electron chi connectivity index (χ1n) is 7.96. The van der Waals surface area contributed by atoms with Crippen LogP contribution in [0.1, 0.15) is 44.4 Å². The van der Waals surface area contributed by atoms with E-state index < -0.39 is 17.1 Å². The van der Waals surface area contributed by atoms with Gasteiger partial charge < -0.3 is 15.9 Å². The highest BCUT2D eigenvalue weighted by molar-refractivity contribution is 6.34. The van der Waals surface area contributed by atoms with Crippen molar-refractivity contribution in [1.82, 2.24) is 0 Å². The van der Waals surface area contributed by atoms with Gasteiger partial charge in [-0.05, 0) is 43.0 Å². The topological polar surface area (TPSA) is 66.5 Å². The van der Waals surface area contributed by atoms with Crippen LogP contribution in [0, 0.1) is 0 Å². The number of rotatable bonds is 5. The third-order valence-electron chi connectivity index (χ3n) is 4.42. The van der Waals surface area contributed by atoms with Crippen LogP contribution in [-0.2, 0) is 4.87 Å². The molecule has 0 amide bonds. The average Bonchev–Trinajstić information content (AvgIpc) is 2.56. The first kappa shape index (κ1) is 19.1. The number of aliphatic hydroxyl groups is 2. The van der Waals surface area contributed by atoms with Crippen LogP contribution in [0.2, 0.25) is 5.02 Å². The van der Waals surface area contributed by atoms with Crippen molar-refractivity contribution in [1.29, 1.82) is 0 Å². The van der Waals surface area contributed by atoms with Gasteiger partial charge in [-0.3, -0.25) is 0 Å². The van der Waals surface area contributed by atoms with Crippen molar-refractivity contribution in [3.63, 3.8) is 0 Å². The summed E-state index contributed by atoms with van der Waals surface area (Å²) in [6, 6.07) is 11.4. The first-order valence-corrected chi connectivity index (χ1v) is 8.72. The molecule has 3 atom stereocenters. The molecule has 130 valence electrons. The molecule has 3 nitrogen and oxygen atoms in total. The van der Waals surface area contributed by atoms with Crippen LogP contribution in [-0.4, -0.2) is 16.3 Å². The third kappa shape index (κ3) is 3.27. The van der Waals surface area contributed by atoms with Crippen LogP contribution in [0.4, 0.5) is 5.69 Å². The monoisotopic (exact) mass is 367 g/mol. The fourth-order valence-corrected chi connectivity index (χ4v) is 3.58. The number of hydrogen-bond acceptors (Lipinski definition) is 3. The first-order chi connectivity index (χ1) is 11.2. The molecule has 5 heteroatoms. The van der Waals surface area contributed by atoms with Gasteiger partial charge in [0.1, 0.15) is 0 Å². The Bertz CT molecular complexity index is 717. The van der Waals surface area contributed by atoms with E-state index in [1.807, 2.05) is 37.3 Å². The summed E-state index contributed by atoms with van der Waals surface area (Å²) in [5.41, 5.74) is 9.21. The largest absolute Gasteiger partial charge is 0.397 e. The van der Waals surface area contributed by atoms with Gasteiger partial charge in [-0.25, -0.2) is 0 Å². The summed E-state index contributed by atoms with van der Waals surface area (Å²) >= 11 is 13.2. The quantitative estimate of drug-likeness (QED) is 0.521. The molecular formula is C19H23Cl2NO2. The van der Waals surface area contributed by atoms with Crippen molar-refractivity contribution in [3.8, 4) is 11.1 Å². The van der Waals surface area contributed by atoms with Crippen molar-refractivity contribution in [2.75, 3.05) is 5.73 Å². The zero-order valence-electron chi connectivity index (χ0n) is 14.1. The lowest BCUT2D eigenvalue weighted by Crippen LogP contribution is -2.33. The van der Waals surface area contributed by atoms with E-state index in [4.69, 9.17) is 28.9 Å². The van der Waals surface area contributed by atoms with Gasteiger partial charge >= 0.3 is 0 Å². The fourth-order valence-electron chi connectivity index (χ4n) is 3.07. The summed E-state index contributed by atoms with van der Waals surface area (Å²) in [5, 5.41) is 21.0. The molecule has 2 rings (SSSR count). The van der Waals surface area contributed by atoms with Crippen LogP contribution < -0.4 is 5.73 Å². The Labute approximate surface area is 153 Å². The Hall–Kier alpha value is -1.26. The number of halogens is 2. The second-order valence-corrected chi connectivity index (χ2v) is 7.10. The van der Waals surface area contributed by atoms with Gasteiger partial charge in [0.15, 0.2) is 0 Å². The number of nitrogen functional groups attached to an aromatic ring is 1. The van der Waals surface area contributed by atoms with Crippen molar-refractivity contribution in [2.45, 2.75) is 44.3 Å². The van der Waals surface area contributed by atoms with Gasteiger partial charge in [0.2, 0.25) is 0 Å². The summed E-state index contributed by atoms with van der Waals surface area (Å²) < 4.78 is 0. The maximum absolute atomic E-state index is 10.4. The Kier molecular flexibility index (Phi) is 5.82. The van der Waals surface area contributed by atoms with Gasteiger partial charge in [0.05, 0.1) is 27.8 Å². The van der Waals surface area contributed by atoms with E-state index in [1.165, 1.54) is 0 Å². The molecule has 0 bridgehead atoms. The maximum Gasteiger partial charge on any atom is 0.0957 e. The zero-order chi connectivity index (χ0) is 18.1. The maximum atomic E-state index is 10.4. The smallest absolute Gasteiger partial charge is 0.0957 e. The standard InChI is InChI=1S/C19H23Cl2NO2/c1-4-19(21,12(3)24)17-14(13-8-6-5-7-9-13)10-15(22)18(20)16(17)11(2)23/h5-12,23-24H,4,22H2,1-3H3. The molecule has 0 aromatic heterocycles. The van der Waals surface area contributed by atoms with E-state index in [2.05, 4.69) is 0 Å². The highest BCUT2D eigenvalue weighted by Crippen LogP contribution is 2.48. The van der Waals surface area contributed by atoms with E-state index in [9.17, 15) is 10.2 Å². The summed E-state index contributed by atoms with van der Waals surface area (Å²) in [6.07, 6.45) is -1.25. The predicted octanol–water partition coefficient (Wildman–Crippen LogP) is 4.87. The summed E-state index contributed by atoms with van der Waals surface area (Å²) in [5.74, 6) is 0. The van der Waals surface area contributed by atoms with Gasteiger partial charge in [-0.1, -0.05) is 48.9 Å². The van der Waals surface area contributed by atoms with Gasteiger partial charge in [-0.15, -0.1) is 11.6 Å². The van der Waals surface area contributed by atoms with Crippen molar-refractivity contribution in [3.05, 3.63) is 52.5 Å². The molecule has 2 aromatic carbocycles. The lowest BCUT2D eigenvalue weighted by molar-refractivity contribution is 0.135. The molecule has 24 heavy (non-hydrogen) atoms. The zero-order valence-corrected chi connectivity index (χ0v) is 15.6. The molecule has 0 heterocycles. The lowest BCUT2D eigenvalue weighted by atomic mass is 9.80. The van der Waals surface area contributed by atoms with E-state index in [0.29, 0.717) is 23.2 Å². The van der Waals surface area contributed by atoms with Crippen LogP contribution in [0.25, 0.3) is 11.1 Å². The summed E-state index contributed by atoms with van der Waals surface area (Å²) in [4.78, 5) is -1.09. The normalized spacial score (nSPS) is 16.5. The second kappa shape index (κ2) is 7.32. The van der Waals surface area contributed by atoms with E-state index >= 15 is 0 Å². The van der Waals surface area contributed by atoms with Gasteiger partial charge in [0.25, 0.3) is 0 Å². The SMILES string of the molecule is CCC(Cl)(c1c(-c2ccccc2)cc(N)c(Cl)c1C(C)O)C(C)O. The second-order valence-electron chi connectivity index (χ2n) is 6.05. The van der Waals surface area contributed by atoms with E-state index in [-0.39, 0.29) is 5.02 Å². The molecule has 0 spiro atoms. The predicted molar refractivity (Wildman–Crippen MR) is 101 cm³/mol. The molecule has 0 aliphatic heterocycles. The van der Waals surface area contributed by atoms with Crippen LogP contribution >= 0.6 is 23.2 Å². The Morgan fingerprint density at radius 2 is 1.75 bits per heavy atom. The number of nitrogens with two attached hydrogens (primary N) is 1. The Balaban J connectivity index is 2.95. The lowest BCUT2D eigenvalue weighted by Gasteiger charge is -2.35. The summed E-state index contributed by atoms with van der Waals surface area (Å²) in [7, 11) is 0. The third-order valence-corrected chi connectivity index (χ3v) is 5.62. The minimum Gasteiger partial charge on any atom is -0.397 e. The molecule has 0 fully saturated rings. The number of benzene rings is 2. The van der Waals surface area contributed by atoms with Crippen molar-refractivity contribution in [2.24, 2.45) is 0 Å². The Morgan fingerprint density at radius 3 is 2.21 bits per heavy atom. The van der Waals surface area contributed by atoms with E-state index in [0.717, 1.165) is 11.1 Å². The minimum atomic E-state index is -1.09. The molecule has 0 aliphatic carbocycles. The van der Waals surface area contributed by atoms with Crippen molar-refractivity contribution >= 4 is 28.9 Å². The fraction of sp³-hybridized carbons (Fsp3) is 0.368. The van der Waals surface area contributed by atoms with Crippen LogP contribution in [0.15, 0.2) is 36.4 Å². The number of aliphatic hydroxyl groups excluding tert-OH is 2. The Morgan fingerprint density at radius 1 is 1.17 bits per heavy atom. The average molecular weight is 368 g/mol. The van der Waals surface area contributed by atoms with Gasteiger partial charge in [0, 0.05) is 5.56 Å². The molecule has 0 saturated heterocycles. The van der Waals surface area contributed by atoms with Gasteiger partial charge in [-0.2, -0.15) is 0 Å². The van der Waals surface area contributed by atoms with E-state index in [1.54, 1.807) is 19.9 Å². The molecule has 3 unspecified atom stereocenters. The minimum absolute atomic E-state index is 0.277. The van der Waals surface area contributed by atoms with Crippen molar-refractivity contribution < 1.29 is 10.2 Å².